The lowest BCUT2D eigenvalue weighted by molar-refractivity contribution is -0.109. The van der Waals surface area contributed by atoms with Gasteiger partial charge in [-0.05, 0) is 12.8 Å². The van der Waals surface area contributed by atoms with Crippen LogP contribution in [0.4, 0.5) is 0 Å². The third kappa shape index (κ3) is 6.09. The highest BCUT2D eigenvalue weighted by atomic mass is 35.5. The molecular formula is C6H14ClNO. The van der Waals surface area contributed by atoms with Crippen molar-refractivity contribution >= 4 is 11.6 Å². The molecule has 0 bridgehead atoms. The Labute approximate surface area is 61.7 Å². The van der Waals surface area contributed by atoms with E-state index >= 15 is 0 Å². The molecule has 0 amide bonds. The summed E-state index contributed by atoms with van der Waals surface area (Å²) in [6.45, 7) is 0.962. The van der Waals surface area contributed by atoms with E-state index in [1.54, 1.807) is 12.2 Å². The average molecular weight is 152 g/mol. The third-order valence-corrected chi connectivity index (χ3v) is 1.44. The van der Waals surface area contributed by atoms with Crippen LogP contribution in [-0.2, 0) is 4.84 Å². The predicted molar refractivity (Wildman–Crippen MR) is 39.6 cm³/mol. The fourth-order valence-corrected chi connectivity index (χ4v) is 0.709. The van der Waals surface area contributed by atoms with Crippen LogP contribution in [0.25, 0.3) is 0 Å². The van der Waals surface area contributed by atoms with E-state index in [9.17, 15) is 0 Å². The lowest BCUT2D eigenvalue weighted by Crippen LogP contribution is -2.17. The van der Waals surface area contributed by atoms with Gasteiger partial charge in [0.05, 0.1) is 7.11 Å². The lowest BCUT2D eigenvalue weighted by Gasteiger charge is -2.11. The molecule has 0 aliphatic rings. The van der Waals surface area contributed by atoms with Crippen LogP contribution in [0.1, 0.15) is 12.8 Å². The molecule has 0 unspecified atom stereocenters. The number of hydroxylamine groups is 2. The van der Waals surface area contributed by atoms with Crippen LogP contribution in [-0.4, -0.2) is 31.6 Å². The number of hydrogen-bond donors (Lipinski definition) is 0. The topological polar surface area (TPSA) is 12.5 Å². The van der Waals surface area contributed by atoms with E-state index in [0.29, 0.717) is 0 Å². The molecule has 0 rings (SSSR count). The molecule has 0 aliphatic heterocycles. The van der Waals surface area contributed by atoms with Gasteiger partial charge in [0.1, 0.15) is 0 Å². The largest absolute Gasteiger partial charge is 0.303 e. The Morgan fingerprint density at radius 1 is 1.44 bits per heavy atom. The van der Waals surface area contributed by atoms with Crippen molar-refractivity contribution in [1.29, 1.82) is 0 Å². The van der Waals surface area contributed by atoms with Crippen molar-refractivity contribution in [2.45, 2.75) is 12.8 Å². The minimum atomic E-state index is 0.748. The van der Waals surface area contributed by atoms with Crippen LogP contribution in [0, 0.1) is 0 Å². The Bertz CT molecular complexity index is 61.0. The third-order valence-electron chi connectivity index (χ3n) is 1.17. The van der Waals surface area contributed by atoms with Crippen LogP contribution >= 0.6 is 11.6 Å². The van der Waals surface area contributed by atoms with Crippen molar-refractivity contribution < 1.29 is 4.84 Å². The summed E-state index contributed by atoms with van der Waals surface area (Å²) >= 11 is 5.47. The molecule has 0 spiro atoms. The van der Waals surface area contributed by atoms with E-state index in [0.717, 1.165) is 25.3 Å². The number of rotatable bonds is 5. The van der Waals surface area contributed by atoms with Crippen LogP contribution in [0.3, 0.4) is 0 Å². The fourth-order valence-electron chi connectivity index (χ4n) is 0.520. The van der Waals surface area contributed by atoms with Crippen LogP contribution in [0.2, 0.25) is 0 Å². The zero-order chi connectivity index (χ0) is 7.11. The number of hydrogen-bond acceptors (Lipinski definition) is 2. The maximum absolute atomic E-state index is 5.47. The predicted octanol–water partition coefficient (Wildman–Crippen LogP) is 1.50. The molecule has 0 aromatic carbocycles. The molecule has 0 saturated carbocycles. The zero-order valence-corrected chi connectivity index (χ0v) is 6.82. The van der Waals surface area contributed by atoms with Gasteiger partial charge in [0.25, 0.3) is 0 Å². The van der Waals surface area contributed by atoms with Gasteiger partial charge < -0.3 is 4.84 Å². The summed E-state index contributed by atoms with van der Waals surface area (Å²) in [6, 6.07) is 0. The molecule has 0 aliphatic carbocycles. The molecule has 56 valence electrons. The smallest absolute Gasteiger partial charge is 0.0575 e. The number of alkyl halides is 1. The number of halogens is 1. The molecule has 0 heterocycles. The molecule has 2 nitrogen and oxygen atoms in total. The second-order valence-electron chi connectivity index (χ2n) is 1.93. The molecule has 0 N–H and O–H groups in total. The molecule has 0 aromatic rings. The molecule has 0 radical (unpaired) electrons. The van der Waals surface area contributed by atoms with Gasteiger partial charge in [-0.1, -0.05) is 0 Å². The first-order valence-electron chi connectivity index (χ1n) is 3.12. The molecule has 0 fully saturated rings. The first kappa shape index (κ1) is 9.21. The summed E-state index contributed by atoms with van der Waals surface area (Å²) in [7, 11) is 3.58. The van der Waals surface area contributed by atoms with E-state index in [1.165, 1.54) is 0 Å². The van der Waals surface area contributed by atoms with Crippen molar-refractivity contribution in [2.24, 2.45) is 0 Å². The Morgan fingerprint density at radius 3 is 2.56 bits per heavy atom. The Kier molecular flexibility index (Phi) is 6.48. The molecule has 0 aromatic heterocycles. The normalized spacial score (nSPS) is 10.7. The van der Waals surface area contributed by atoms with Crippen molar-refractivity contribution in [3.8, 4) is 0 Å². The van der Waals surface area contributed by atoms with Crippen molar-refractivity contribution in [3.05, 3.63) is 0 Å². The summed E-state index contributed by atoms with van der Waals surface area (Å²) < 4.78 is 0. The van der Waals surface area contributed by atoms with E-state index in [4.69, 9.17) is 16.4 Å². The Morgan fingerprint density at radius 2 is 2.11 bits per heavy atom. The van der Waals surface area contributed by atoms with Gasteiger partial charge in [-0.15, -0.1) is 11.6 Å². The first-order valence-corrected chi connectivity index (χ1v) is 3.66. The summed E-state index contributed by atoms with van der Waals surface area (Å²) in [4.78, 5) is 4.89. The second kappa shape index (κ2) is 6.33. The maximum Gasteiger partial charge on any atom is 0.0575 e. The summed E-state index contributed by atoms with van der Waals surface area (Å²) in [5.41, 5.74) is 0. The van der Waals surface area contributed by atoms with E-state index in [-0.39, 0.29) is 0 Å². The molecule has 0 saturated heterocycles. The van der Waals surface area contributed by atoms with Gasteiger partial charge in [-0.25, -0.2) is 0 Å². The highest BCUT2D eigenvalue weighted by Crippen LogP contribution is 1.93. The van der Waals surface area contributed by atoms with Crippen LogP contribution in [0.15, 0.2) is 0 Å². The van der Waals surface area contributed by atoms with Crippen LogP contribution in [0.5, 0.6) is 0 Å². The second-order valence-corrected chi connectivity index (χ2v) is 2.31. The van der Waals surface area contributed by atoms with Gasteiger partial charge >= 0.3 is 0 Å². The van der Waals surface area contributed by atoms with E-state index < -0.39 is 0 Å². The summed E-state index contributed by atoms with van der Waals surface area (Å²) in [6.07, 6.45) is 2.17. The zero-order valence-electron chi connectivity index (χ0n) is 6.06. The highest BCUT2D eigenvalue weighted by Gasteiger charge is 1.92. The van der Waals surface area contributed by atoms with Crippen LogP contribution < -0.4 is 0 Å². The molecule has 3 heteroatoms. The number of nitrogens with zero attached hydrogens (tertiary/aromatic N) is 1. The molecule has 9 heavy (non-hydrogen) atoms. The molecular weight excluding hydrogens is 138 g/mol. The van der Waals surface area contributed by atoms with Gasteiger partial charge in [-0.3, -0.25) is 0 Å². The standard InChI is InChI=1S/C6H14ClNO/c1-8(9-2)6-4-3-5-7/h3-6H2,1-2H3. The fraction of sp³-hybridized carbons (Fsp3) is 1.00. The summed E-state index contributed by atoms with van der Waals surface area (Å²) in [5.74, 6) is 0.748. The Balaban J connectivity index is 2.88. The van der Waals surface area contributed by atoms with Crippen molar-refractivity contribution in [3.63, 3.8) is 0 Å². The van der Waals surface area contributed by atoms with Gasteiger partial charge in [-0.2, -0.15) is 5.06 Å². The monoisotopic (exact) mass is 151 g/mol. The SMILES string of the molecule is CON(C)CCCCCl. The van der Waals surface area contributed by atoms with Crippen molar-refractivity contribution in [2.75, 3.05) is 26.6 Å². The average Bonchev–Trinajstić information content (AvgIpc) is 1.89. The lowest BCUT2D eigenvalue weighted by atomic mass is 10.3. The van der Waals surface area contributed by atoms with E-state index in [1.807, 2.05) is 7.05 Å². The Hall–Kier alpha value is 0.210. The van der Waals surface area contributed by atoms with Gasteiger partial charge in [0, 0.05) is 19.5 Å². The first-order chi connectivity index (χ1) is 4.31. The maximum atomic E-state index is 5.47. The molecule has 0 atom stereocenters. The number of unbranched alkanes of at least 4 members (excludes halogenated alkanes) is 1. The van der Waals surface area contributed by atoms with Gasteiger partial charge in [0.15, 0.2) is 0 Å². The minimum absolute atomic E-state index is 0.748. The van der Waals surface area contributed by atoms with Gasteiger partial charge in [0.2, 0.25) is 0 Å². The van der Waals surface area contributed by atoms with E-state index in [2.05, 4.69) is 0 Å². The quantitative estimate of drug-likeness (QED) is 0.336. The minimum Gasteiger partial charge on any atom is -0.303 e. The van der Waals surface area contributed by atoms with Crippen molar-refractivity contribution in [1.82, 2.24) is 5.06 Å². The highest BCUT2D eigenvalue weighted by molar-refractivity contribution is 6.17. The summed E-state index contributed by atoms with van der Waals surface area (Å²) in [5, 5.41) is 1.80.